The van der Waals surface area contributed by atoms with E-state index < -0.39 is 5.91 Å². The summed E-state index contributed by atoms with van der Waals surface area (Å²) < 4.78 is 12.1. The second-order valence-electron chi connectivity index (χ2n) is 7.37. The van der Waals surface area contributed by atoms with Crippen LogP contribution in [-0.2, 0) is 17.8 Å². The van der Waals surface area contributed by atoms with Gasteiger partial charge < -0.3 is 20.5 Å². The minimum atomic E-state index is -0.419. The number of rotatable bonds is 7. The Bertz CT molecular complexity index is 1030. The Morgan fingerprint density at radius 1 is 1.13 bits per heavy atom. The second-order valence-corrected chi connectivity index (χ2v) is 7.37. The van der Waals surface area contributed by atoms with Crippen molar-refractivity contribution >= 4 is 17.4 Å². The molecular formula is C22H26N6O3. The van der Waals surface area contributed by atoms with Gasteiger partial charge in [-0.15, -0.1) is 5.10 Å². The van der Waals surface area contributed by atoms with E-state index >= 15 is 0 Å². The molecule has 0 radical (unpaired) electrons. The fourth-order valence-electron chi connectivity index (χ4n) is 3.43. The van der Waals surface area contributed by atoms with Gasteiger partial charge in [0.25, 0.3) is 5.91 Å². The summed E-state index contributed by atoms with van der Waals surface area (Å²) in [6.45, 7) is 4.83. The van der Waals surface area contributed by atoms with Gasteiger partial charge in [-0.3, -0.25) is 9.69 Å². The summed E-state index contributed by atoms with van der Waals surface area (Å²) in [4.78, 5) is 14.9. The predicted octanol–water partition coefficient (Wildman–Crippen LogP) is 2.00. The van der Waals surface area contributed by atoms with Crippen LogP contribution in [0.5, 0.6) is 5.75 Å². The number of benzene rings is 2. The van der Waals surface area contributed by atoms with E-state index in [-0.39, 0.29) is 11.5 Å². The Hall–Kier alpha value is -3.43. The lowest BCUT2D eigenvalue weighted by atomic mass is 10.1. The molecule has 162 valence electrons. The van der Waals surface area contributed by atoms with Crippen molar-refractivity contribution in [1.29, 1.82) is 0 Å². The molecule has 1 amide bonds. The number of ether oxygens (including phenoxy) is 2. The average Bonchev–Trinajstić information content (AvgIpc) is 3.16. The molecule has 0 aliphatic carbocycles. The van der Waals surface area contributed by atoms with E-state index in [0.29, 0.717) is 18.0 Å². The second kappa shape index (κ2) is 9.59. The van der Waals surface area contributed by atoms with Gasteiger partial charge in [-0.05, 0) is 23.3 Å². The number of aromatic nitrogens is 3. The molecule has 1 saturated heterocycles. The zero-order valence-electron chi connectivity index (χ0n) is 17.5. The molecule has 0 unspecified atom stereocenters. The topological polar surface area (TPSA) is 108 Å². The highest BCUT2D eigenvalue weighted by Crippen LogP contribution is 2.19. The van der Waals surface area contributed by atoms with E-state index in [1.54, 1.807) is 31.4 Å². The van der Waals surface area contributed by atoms with Gasteiger partial charge in [0.15, 0.2) is 11.5 Å². The van der Waals surface area contributed by atoms with E-state index in [2.05, 4.69) is 32.7 Å². The molecule has 3 N–H and O–H groups in total. The van der Waals surface area contributed by atoms with Crippen LogP contribution in [0.2, 0.25) is 0 Å². The van der Waals surface area contributed by atoms with Crippen molar-refractivity contribution in [1.82, 2.24) is 19.9 Å². The molecule has 1 aliphatic heterocycles. The molecule has 2 aromatic carbocycles. The highest BCUT2D eigenvalue weighted by molar-refractivity contribution is 6.05. The summed E-state index contributed by atoms with van der Waals surface area (Å²) in [5.74, 6) is 0.446. The third-order valence-corrected chi connectivity index (χ3v) is 5.18. The predicted molar refractivity (Wildman–Crippen MR) is 117 cm³/mol. The van der Waals surface area contributed by atoms with Gasteiger partial charge in [0, 0.05) is 31.4 Å². The molecule has 0 bridgehead atoms. The van der Waals surface area contributed by atoms with Crippen LogP contribution in [0.25, 0.3) is 0 Å². The maximum Gasteiger partial charge on any atom is 0.280 e. The van der Waals surface area contributed by atoms with Crippen LogP contribution >= 0.6 is 0 Å². The minimum absolute atomic E-state index is 0.0896. The first kappa shape index (κ1) is 20.8. The Morgan fingerprint density at radius 2 is 1.84 bits per heavy atom. The molecule has 1 aliphatic rings. The number of morpholine rings is 1. The van der Waals surface area contributed by atoms with Gasteiger partial charge in [0.05, 0.1) is 26.9 Å². The van der Waals surface area contributed by atoms with Crippen LogP contribution in [-0.4, -0.2) is 59.2 Å². The number of nitrogens with two attached hydrogens (primary N) is 1. The lowest BCUT2D eigenvalue weighted by Crippen LogP contribution is -2.35. The van der Waals surface area contributed by atoms with Gasteiger partial charge in [-0.2, -0.15) is 0 Å². The lowest BCUT2D eigenvalue weighted by molar-refractivity contribution is 0.0342. The minimum Gasteiger partial charge on any atom is -0.497 e. The van der Waals surface area contributed by atoms with E-state index in [9.17, 15) is 4.79 Å². The van der Waals surface area contributed by atoms with Crippen molar-refractivity contribution < 1.29 is 14.3 Å². The van der Waals surface area contributed by atoms with Crippen LogP contribution in [0.3, 0.4) is 0 Å². The lowest BCUT2D eigenvalue weighted by Gasteiger charge is -2.26. The van der Waals surface area contributed by atoms with Crippen LogP contribution < -0.4 is 15.8 Å². The van der Waals surface area contributed by atoms with Crippen molar-refractivity contribution in [3.63, 3.8) is 0 Å². The van der Waals surface area contributed by atoms with E-state index in [4.69, 9.17) is 15.2 Å². The number of methoxy groups -OCH3 is 1. The van der Waals surface area contributed by atoms with Crippen LogP contribution in [0.1, 0.15) is 21.6 Å². The Labute approximate surface area is 180 Å². The van der Waals surface area contributed by atoms with Gasteiger partial charge in [0.2, 0.25) is 0 Å². The molecule has 0 spiro atoms. The first-order valence-electron chi connectivity index (χ1n) is 10.1. The molecule has 1 aromatic heterocycles. The van der Waals surface area contributed by atoms with Crippen molar-refractivity contribution in [2.45, 2.75) is 13.1 Å². The summed E-state index contributed by atoms with van der Waals surface area (Å²) in [5, 5.41) is 10.8. The van der Waals surface area contributed by atoms with E-state index in [1.165, 1.54) is 10.2 Å². The number of nitrogens with one attached hydrogen (secondary N) is 1. The number of amides is 1. The van der Waals surface area contributed by atoms with Gasteiger partial charge >= 0.3 is 0 Å². The number of hydrogen-bond donors (Lipinski definition) is 2. The Morgan fingerprint density at radius 3 is 2.55 bits per heavy atom. The van der Waals surface area contributed by atoms with Crippen molar-refractivity contribution in [3.8, 4) is 5.75 Å². The highest BCUT2D eigenvalue weighted by atomic mass is 16.5. The third kappa shape index (κ3) is 5.19. The number of anilines is 2. The summed E-state index contributed by atoms with van der Waals surface area (Å²) in [7, 11) is 1.57. The first-order valence-corrected chi connectivity index (χ1v) is 10.1. The van der Waals surface area contributed by atoms with Crippen molar-refractivity contribution in [3.05, 3.63) is 65.4 Å². The Balaban J connectivity index is 1.39. The number of nitrogen functional groups attached to an aromatic ring is 1. The maximum absolute atomic E-state index is 12.6. The van der Waals surface area contributed by atoms with Crippen molar-refractivity contribution in [2.24, 2.45) is 0 Å². The van der Waals surface area contributed by atoms with Crippen molar-refractivity contribution in [2.75, 3.05) is 44.5 Å². The number of carbonyl (C=O) groups is 1. The molecule has 9 heteroatoms. The monoisotopic (exact) mass is 422 g/mol. The fourth-order valence-corrected chi connectivity index (χ4v) is 3.43. The number of carbonyl (C=O) groups excluding carboxylic acids is 1. The first-order chi connectivity index (χ1) is 15.1. The quantitative estimate of drug-likeness (QED) is 0.600. The normalized spacial score (nSPS) is 14.4. The molecule has 2 heterocycles. The zero-order valence-corrected chi connectivity index (χ0v) is 17.5. The standard InChI is InChI=1S/C22H26N6O3/c1-30-19-4-2-3-18(13-19)24-22(29)20-21(23)28(26-25-20)15-17-7-5-16(6-8-17)14-27-9-11-31-12-10-27/h2-8,13H,9-12,14-15,23H2,1H3,(H,24,29). The average molecular weight is 422 g/mol. The molecule has 31 heavy (non-hydrogen) atoms. The summed E-state index contributed by atoms with van der Waals surface area (Å²) in [6.07, 6.45) is 0. The van der Waals surface area contributed by atoms with Crippen LogP contribution in [0, 0.1) is 0 Å². The molecule has 0 saturated carbocycles. The van der Waals surface area contributed by atoms with Gasteiger partial charge in [-0.25, -0.2) is 4.68 Å². The highest BCUT2D eigenvalue weighted by Gasteiger charge is 2.18. The molecule has 9 nitrogen and oxygen atoms in total. The SMILES string of the molecule is COc1cccc(NC(=O)c2nnn(Cc3ccc(CN4CCOCC4)cc3)c2N)c1. The third-order valence-electron chi connectivity index (χ3n) is 5.18. The molecular weight excluding hydrogens is 396 g/mol. The summed E-state index contributed by atoms with van der Waals surface area (Å²) in [5.41, 5.74) is 9.11. The number of hydrogen-bond acceptors (Lipinski definition) is 7. The largest absolute Gasteiger partial charge is 0.497 e. The summed E-state index contributed by atoms with van der Waals surface area (Å²) in [6, 6.07) is 15.4. The zero-order chi connectivity index (χ0) is 21.6. The Kier molecular flexibility index (Phi) is 6.44. The van der Waals surface area contributed by atoms with Crippen LogP contribution in [0.4, 0.5) is 11.5 Å². The molecule has 0 atom stereocenters. The summed E-state index contributed by atoms with van der Waals surface area (Å²) >= 11 is 0. The van der Waals surface area contributed by atoms with Gasteiger partial charge in [0.1, 0.15) is 5.75 Å². The molecule has 1 fully saturated rings. The maximum atomic E-state index is 12.6. The van der Waals surface area contributed by atoms with Gasteiger partial charge in [-0.1, -0.05) is 35.5 Å². The van der Waals surface area contributed by atoms with E-state index in [0.717, 1.165) is 38.4 Å². The smallest absolute Gasteiger partial charge is 0.280 e. The van der Waals surface area contributed by atoms with Crippen LogP contribution in [0.15, 0.2) is 48.5 Å². The fraction of sp³-hybridized carbons (Fsp3) is 0.318. The molecule has 4 rings (SSSR count). The van der Waals surface area contributed by atoms with E-state index in [1.807, 2.05) is 12.1 Å². The number of nitrogens with zero attached hydrogens (tertiary/aromatic N) is 4. The molecule has 3 aromatic rings.